The minimum atomic E-state index is -0.520. The lowest BCUT2D eigenvalue weighted by Crippen LogP contribution is -2.30. The summed E-state index contributed by atoms with van der Waals surface area (Å²) < 4.78 is 6.27. The Morgan fingerprint density at radius 2 is 2.24 bits per heavy atom. The Labute approximate surface area is 141 Å². The predicted molar refractivity (Wildman–Crippen MR) is 88.4 cm³/mol. The first-order valence-corrected chi connectivity index (χ1v) is 7.65. The van der Waals surface area contributed by atoms with E-state index < -0.39 is 5.97 Å². The van der Waals surface area contributed by atoms with Crippen LogP contribution < -0.4 is 10.9 Å². The molecule has 0 unspecified atom stereocenters. The molecule has 0 aliphatic heterocycles. The number of benzene rings is 1. The second-order valence-electron chi connectivity index (χ2n) is 5.66. The number of nitrogens with one attached hydrogen (secondary N) is 2. The first-order chi connectivity index (χ1) is 12.1. The number of esters is 1. The molecule has 8 nitrogen and oxygen atoms in total. The van der Waals surface area contributed by atoms with Crippen molar-refractivity contribution in [2.75, 3.05) is 13.7 Å². The molecule has 0 atom stereocenters. The maximum absolute atomic E-state index is 12.4. The van der Waals surface area contributed by atoms with Gasteiger partial charge in [0.25, 0.3) is 11.5 Å². The molecular weight excluding hydrogens is 324 g/mol. The van der Waals surface area contributed by atoms with Crippen LogP contribution in [0.4, 0.5) is 0 Å². The second kappa shape index (κ2) is 5.59. The molecule has 1 aliphatic carbocycles. The van der Waals surface area contributed by atoms with Crippen LogP contribution >= 0.6 is 0 Å². The molecule has 1 aliphatic rings. The van der Waals surface area contributed by atoms with Gasteiger partial charge in [0, 0.05) is 29.9 Å². The number of aromatic nitrogens is 3. The van der Waals surface area contributed by atoms with Crippen LogP contribution in [0.1, 0.15) is 21.6 Å². The number of methoxy groups -OCH3 is 1. The van der Waals surface area contributed by atoms with Crippen LogP contribution in [-0.2, 0) is 16.0 Å². The number of rotatable bonds is 3. The minimum absolute atomic E-state index is 0.200. The average molecular weight is 338 g/mol. The van der Waals surface area contributed by atoms with E-state index in [9.17, 15) is 14.4 Å². The van der Waals surface area contributed by atoms with Gasteiger partial charge in [-0.25, -0.2) is 4.98 Å². The molecule has 3 aromatic rings. The lowest BCUT2D eigenvalue weighted by molar-refractivity contribution is -0.139. The van der Waals surface area contributed by atoms with E-state index in [1.165, 1.54) is 7.11 Å². The van der Waals surface area contributed by atoms with Crippen LogP contribution in [0.3, 0.4) is 0 Å². The zero-order chi connectivity index (χ0) is 17.6. The van der Waals surface area contributed by atoms with Crippen molar-refractivity contribution >= 4 is 17.5 Å². The number of fused-ring (bicyclic) bond motifs is 5. The number of amides is 1. The minimum Gasteiger partial charge on any atom is -0.468 e. The molecule has 0 saturated carbocycles. The highest BCUT2D eigenvalue weighted by Crippen LogP contribution is 2.36. The highest BCUT2D eigenvalue weighted by Gasteiger charge is 2.27. The zero-order valence-electron chi connectivity index (χ0n) is 13.3. The van der Waals surface area contributed by atoms with E-state index in [0.29, 0.717) is 23.3 Å². The van der Waals surface area contributed by atoms with E-state index in [1.54, 1.807) is 28.9 Å². The van der Waals surface area contributed by atoms with Crippen LogP contribution in [-0.4, -0.2) is 39.9 Å². The first-order valence-electron chi connectivity index (χ1n) is 7.65. The van der Waals surface area contributed by atoms with E-state index in [-0.39, 0.29) is 18.0 Å². The van der Waals surface area contributed by atoms with Crippen molar-refractivity contribution in [1.29, 1.82) is 0 Å². The Balaban J connectivity index is 1.77. The number of carbonyl (C=O) groups excluding carboxylic acids is 2. The summed E-state index contributed by atoms with van der Waals surface area (Å²) >= 11 is 0. The predicted octanol–water partition coefficient (Wildman–Crippen LogP) is 0.497. The molecule has 2 N–H and O–H groups in total. The van der Waals surface area contributed by atoms with Gasteiger partial charge in [0.2, 0.25) is 5.65 Å². The lowest BCUT2D eigenvalue weighted by Gasteiger charge is -2.08. The Kier molecular flexibility index (Phi) is 3.38. The Morgan fingerprint density at radius 3 is 3.04 bits per heavy atom. The van der Waals surface area contributed by atoms with Gasteiger partial charge in [-0.05, 0) is 11.6 Å². The molecule has 0 bridgehead atoms. The summed E-state index contributed by atoms with van der Waals surface area (Å²) in [7, 11) is 1.26. The molecule has 126 valence electrons. The molecular formula is C17H14N4O4. The number of aromatic amines is 1. The third kappa shape index (κ3) is 2.30. The van der Waals surface area contributed by atoms with Crippen LogP contribution in [0, 0.1) is 0 Å². The summed E-state index contributed by atoms with van der Waals surface area (Å²) in [5.41, 5.74) is 3.67. The molecule has 2 heterocycles. The van der Waals surface area contributed by atoms with E-state index in [0.717, 1.165) is 16.8 Å². The number of imidazole rings is 1. The van der Waals surface area contributed by atoms with Crippen LogP contribution in [0.5, 0.6) is 0 Å². The van der Waals surface area contributed by atoms with Crippen molar-refractivity contribution in [1.82, 2.24) is 19.7 Å². The van der Waals surface area contributed by atoms with Crippen molar-refractivity contribution in [3.8, 4) is 11.3 Å². The van der Waals surface area contributed by atoms with Crippen molar-refractivity contribution in [2.24, 2.45) is 0 Å². The molecule has 1 aromatic carbocycles. The van der Waals surface area contributed by atoms with Gasteiger partial charge in [0.05, 0.1) is 18.5 Å². The first kappa shape index (κ1) is 15.1. The van der Waals surface area contributed by atoms with Gasteiger partial charge in [-0.1, -0.05) is 12.1 Å². The topological polar surface area (TPSA) is 106 Å². The van der Waals surface area contributed by atoms with Crippen molar-refractivity contribution in [2.45, 2.75) is 6.42 Å². The van der Waals surface area contributed by atoms with Gasteiger partial charge in [-0.15, -0.1) is 0 Å². The normalized spacial score (nSPS) is 11.9. The highest BCUT2D eigenvalue weighted by molar-refractivity contribution is 5.99. The van der Waals surface area contributed by atoms with Crippen molar-refractivity contribution in [3.05, 3.63) is 57.8 Å². The van der Waals surface area contributed by atoms with Gasteiger partial charge in [-0.2, -0.15) is 0 Å². The Morgan fingerprint density at radius 1 is 1.40 bits per heavy atom. The summed E-state index contributed by atoms with van der Waals surface area (Å²) in [6, 6.07) is 5.30. The van der Waals surface area contributed by atoms with Crippen LogP contribution in [0.2, 0.25) is 0 Å². The molecule has 4 rings (SSSR count). The quantitative estimate of drug-likeness (QED) is 0.529. The summed E-state index contributed by atoms with van der Waals surface area (Å²) in [5, 5.41) is 2.55. The molecule has 2 aromatic heterocycles. The average Bonchev–Trinajstić information content (AvgIpc) is 3.24. The maximum Gasteiger partial charge on any atom is 0.325 e. The number of H-pyrrole nitrogens is 1. The fourth-order valence-corrected chi connectivity index (χ4v) is 3.16. The zero-order valence-corrected chi connectivity index (χ0v) is 13.3. The molecule has 0 spiro atoms. The van der Waals surface area contributed by atoms with Gasteiger partial charge in [-0.3, -0.25) is 18.8 Å². The maximum atomic E-state index is 12.4. The van der Waals surface area contributed by atoms with Crippen molar-refractivity contribution < 1.29 is 14.3 Å². The molecule has 0 radical (unpaired) electrons. The number of carbonyl (C=O) groups is 2. The number of nitrogens with zero attached hydrogens (tertiary/aromatic N) is 2. The van der Waals surface area contributed by atoms with Crippen LogP contribution in [0.15, 0.2) is 35.4 Å². The van der Waals surface area contributed by atoms with Gasteiger partial charge in [0.15, 0.2) is 0 Å². The van der Waals surface area contributed by atoms with E-state index in [2.05, 4.69) is 20.0 Å². The lowest BCUT2D eigenvalue weighted by atomic mass is 10.0. The Hall–Kier alpha value is -3.42. The number of hydrogen-bond acceptors (Lipinski definition) is 5. The van der Waals surface area contributed by atoms with Crippen LogP contribution in [0.25, 0.3) is 16.9 Å². The van der Waals surface area contributed by atoms with E-state index in [4.69, 9.17) is 0 Å². The summed E-state index contributed by atoms with van der Waals surface area (Å²) in [6.45, 7) is -0.200. The van der Waals surface area contributed by atoms with E-state index in [1.807, 2.05) is 6.07 Å². The molecule has 0 fully saturated rings. The largest absolute Gasteiger partial charge is 0.468 e. The van der Waals surface area contributed by atoms with Gasteiger partial charge >= 0.3 is 5.97 Å². The third-order valence-corrected chi connectivity index (χ3v) is 4.32. The molecule has 25 heavy (non-hydrogen) atoms. The fraction of sp³-hybridized carbons (Fsp3) is 0.176. The number of hydrogen-bond donors (Lipinski definition) is 2. The summed E-state index contributed by atoms with van der Waals surface area (Å²) in [6.07, 6.45) is 3.78. The Bertz CT molecular complexity index is 1080. The molecule has 1 amide bonds. The van der Waals surface area contributed by atoms with Gasteiger partial charge < -0.3 is 15.0 Å². The smallest absolute Gasteiger partial charge is 0.325 e. The van der Waals surface area contributed by atoms with Crippen molar-refractivity contribution in [3.63, 3.8) is 0 Å². The SMILES string of the molecule is COC(=O)CNC(=O)c1cccc2c1Cc1c-2[nH]c(=O)c2nccn12. The highest BCUT2D eigenvalue weighted by atomic mass is 16.5. The number of ether oxygens (including phenoxy) is 1. The molecule has 0 saturated heterocycles. The fourth-order valence-electron chi connectivity index (χ4n) is 3.16. The van der Waals surface area contributed by atoms with E-state index >= 15 is 0 Å². The summed E-state index contributed by atoms with van der Waals surface area (Å²) in [5.74, 6) is -0.882. The third-order valence-electron chi connectivity index (χ3n) is 4.32. The standard InChI is InChI=1S/C17H14N4O4/c1-25-13(22)8-19-16(23)10-4-2-3-9-11(10)7-12-14(9)20-17(24)15-18-5-6-21(12)15/h2-6H,7-8H2,1H3,(H,19,23)(H,20,24). The second-order valence-corrected chi connectivity index (χ2v) is 5.66. The monoisotopic (exact) mass is 338 g/mol. The van der Waals surface area contributed by atoms with Gasteiger partial charge in [0.1, 0.15) is 6.54 Å². The molecule has 8 heteroatoms. The summed E-state index contributed by atoms with van der Waals surface area (Å²) in [4.78, 5) is 42.8.